The van der Waals surface area contributed by atoms with Gasteiger partial charge in [0.25, 0.3) is 0 Å². The highest BCUT2D eigenvalue weighted by Gasteiger charge is 2.02. The summed E-state index contributed by atoms with van der Waals surface area (Å²) < 4.78 is 4.99. The number of carbonyl (C=O) groups excluding carboxylic acids is 1. The van der Waals surface area contributed by atoms with Crippen molar-refractivity contribution in [1.29, 1.82) is 0 Å². The van der Waals surface area contributed by atoms with Crippen LogP contribution in [0.1, 0.15) is 18.4 Å². The Morgan fingerprint density at radius 3 is 2.08 bits per heavy atom. The van der Waals surface area contributed by atoms with Gasteiger partial charge in [0.2, 0.25) is 0 Å². The van der Waals surface area contributed by atoms with Gasteiger partial charge in [-0.2, -0.15) is 11.3 Å². The van der Waals surface area contributed by atoms with Crippen molar-refractivity contribution in [1.82, 2.24) is 0 Å². The van der Waals surface area contributed by atoms with Crippen LogP contribution in [-0.4, -0.2) is 12.6 Å². The molecule has 0 spiro atoms. The van der Waals surface area contributed by atoms with Crippen molar-refractivity contribution >= 4 is 17.3 Å². The minimum atomic E-state index is -0.348. The number of carbonyl (C=O) groups is 1. The average Bonchev–Trinajstić information content (AvgIpc) is 3.23. The predicted octanol–water partition coefficient (Wildman–Crippen LogP) is 6.13. The highest BCUT2D eigenvalue weighted by Crippen LogP contribution is 2.26. The van der Waals surface area contributed by atoms with E-state index in [9.17, 15) is 4.79 Å². The van der Waals surface area contributed by atoms with E-state index < -0.39 is 0 Å². The van der Waals surface area contributed by atoms with Crippen LogP contribution in [0.25, 0.3) is 22.3 Å². The van der Waals surface area contributed by atoms with Crippen molar-refractivity contribution < 1.29 is 9.53 Å². The van der Waals surface area contributed by atoms with E-state index in [0.29, 0.717) is 6.61 Å². The van der Waals surface area contributed by atoms with Gasteiger partial charge in [0.1, 0.15) is 0 Å². The Bertz CT molecular complexity index is 831. The normalized spacial score (nSPS) is 10.5. The zero-order valence-corrected chi connectivity index (χ0v) is 15.5. The zero-order valence-electron chi connectivity index (χ0n) is 14.7. The fourth-order valence-electron chi connectivity index (χ4n) is 2.81. The first-order valence-corrected chi connectivity index (χ1v) is 9.72. The van der Waals surface area contributed by atoms with Crippen molar-refractivity contribution in [2.24, 2.45) is 0 Å². The Kier molecular flexibility index (Phi) is 6.39. The number of rotatable bonds is 8. The van der Waals surface area contributed by atoms with Crippen molar-refractivity contribution in [3.8, 4) is 22.3 Å². The quantitative estimate of drug-likeness (QED) is 0.273. The van der Waals surface area contributed by atoms with E-state index in [4.69, 9.17) is 4.74 Å². The molecule has 0 bridgehead atoms. The van der Waals surface area contributed by atoms with Crippen LogP contribution in [0.5, 0.6) is 0 Å². The average molecular weight is 362 g/mol. The molecule has 2 aromatic carbocycles. The first-order valence-electron chi connectivity index (χ1n) is 8.77. The lowest BCUT2D eigenvalue weighted by atomic mass is 9.99. The maximum Gasteiger partial charge on any atom is 0.330 e. The Morgan fingerprint density at radius 1 is 0.885 bits per heavy atom. The Balaban J connectivity index is 1.52. The van der Waals surface area contributed by atoms with Gasteiger partial charge in [-0.05, 0) is 63.9 Å². The largest absolute Gasteiger partial charge is 0.463 e. The summed E-state index contributed by atoms with van der Waals surface area (Å²) in [5, 5.41) is 4.27. The number of unbranched alkanes of at least 4 members (excludes halogenated alkanes) is 1. The van der Waals surface area contributed by atoms with E-state index in [1.54, 1.807) is 11.3 Å². The molecule has 0 aliphatic heterocycles. The molecular formula is C23H22O2S. The second-order valence-electron chi connectivity index (χ2n) is 6.12. The van der Waals surface area contributed by atoms with E-state index >= 15 is 0 Å². The molecule has 0 aliphatic rings. The second-order valence-corrected chi connectivity index (χ2v) is 6.90. The molecule has 0 atom stereocenters. The number of aryl methyl sites for hydroxylation is 1. The Hall–Kier alpha value is -2.65. The lowest BCUT2D eigenvalue weighted by molar-refractivity contribution is -0.137. The van der Waals surface area contributed by atoms with Crippen LogP contribution >= 0.6 is 11.3 Å². The third kappa shape index (κ3) is 4.93. The third-order valence-corrected chi connectivity index (χ3v) is 4.98. The van der Waals surface area contributed by atoms with Crippen LogP contribution in [-0.2, 0) is 16.0 Å². The SMILES string of the molecule is C=CC(=O)OCCCCc1ccc(-c2ccc(-c3ccsc3)cc2)cc1. The molecule has 3 rings (SSSR count). The zero-order chi connectivity index (χ0) is 18.2. The molecule has 0 unspecified atom stereocenters. The van der Waals surface area contributed by atoms with E-state index in [1.807, 2.05) is 0 Å². The summed E-state index contributed by atoms with van der Waals surface area (Å²) in [5.41, 5.74) is 6.29. The molecule has 0 N–H and O–H groups in total. The summed E-state index contributed by atoms with van der Waals surface area (Å²) in [5.74, 6) is -0.348. The lowest BCUT2D eigenvalue weighted by Crippen LogP contribution is -2.02. The minimum Gasteiger partial charge on any atom is -0.463 e. The maximum atomic E-state index is 11.0. The highest BCUT2D eigenvalue weighted by atomic mass is 32.1. The molecule has 132 valence electrons. The van der Waals surface area contributed by atoms with Crippen LogP contribution in [0.3, 0.4) is 0 Å². The summed E-state index contributed by atoms with van der Waals surface area (Å²) in [6.07, 6.45) is 4.05. The molecule has 0 saturated carbocycles. The summed E-state index contributed by atoms with van der Waals surface area (Å²) in [4.78, 5) is 11.0. The van der Waals surface area contributed by atoms with Gasteiger partial charge >= 0.3 is 5.97 Å². The van der Waals surface area contributed by atoms with Crippen molar-refractivity contribution in [3.05, 3.63) is 83.6 Å². The van der Waals surface area contributed by atoms with Gasteiger partial charge in [-0.15, -0.1) is 0 Å². The fourth-order valence-corrected chi connectivity index (χ4v) is 3.48. The molecule has 3 heteroatoms. The lowest BCUT2D eigenvalue weighted by Gasteiger charge is -2.06. The summed E-state index contributed by atoms with van der Waals surface area (Å²) in [6.45, 7) is 3.84. The van der Waals surface area contributed by atoms with Gasteiger partial charge in [-0.1, -0.05) is 55.1 Å². The van der Waals surface area contributed by atoms with Gasteiger partial charge in [0, 0.05) is 6.08 Å². The van der Waals surface area contributed by atoms with Gasteiger partial charge in [0.15, 0.2) is 0 Å². The van der Waals surface area contributed by atoms with Crippen LogP contribution in [0.15, 0.2) is 78.0 Å². The van der Waals surface area contributed by atoms with Crippen LogP contribution in [0.2, 0.25) is 0 Å². The van der Waals surface area contributed by atoms with Crippen LogP contribution in [0.4, 0.5) is 0 Å². The van der Waals surface area contributed by atoms with E-state index in [2.05, 4.69) is 71.9 Å². The van der Waals surface area contributed by atoms with Crippen LogP contribution < -0.4 is 0 Å². The van der Waals surface area contributed by atoms with E-state index in [1.165, 1.54) is 33.9 Å². The molecule has 0 aliphatic carbocycles. The smallest absolute Gasteiger partial charge is 0.330 e. The van der Waals surface area contributed by atoms with Crippen molar-refractivity contribution in [2.75, 3.05) is 6.61 Å². The van der Waals surface area contributed by atoms with Crippen LogP contribution in [0, 0.1) is 0 Å². The number of hydrogen-bond donors (Lipinski definition) is 0. The topological polar surface area (TPSA) is 26.3 Å². The third-order valence-electron chi connectivity index (χ3n) is 4.30. The molecular weight excluding hydrogens is 340 g/mol. The number of thiophene rings is 1. The minimum absolute atomic E-state index is 0.348. The maximum absolute atomic E-state index is 11.0. The van der Waals surface area contributed by atoms with E-state index in [0.717, 1.165) is 19.3 Å². The molecule has 1 heterocycles. The van der Waals surface area contributed by atoms with Gasteiger partial charge in [-0.3, -0.25) is 0 Å². The van der Waals surface area contributed by atoms with Gasteiger partial charge in [0.05, 0.1) is 6.61 Å². The number of ether oxygens (including phenoxy) is 1. The van der Waals surface area contributed by atoms with Crippen molar-refractivity contribution in [3.63, 3.8) is 0 Å². The van der Waals surface area contributed by atoms with Gasteiger partial charge < -0.3 is 4.74 Å². The number of hydrogen-bond acceptors (Lipinski definition) is 3. The summed E-state index contributed by atoms with van der Waals surface area (Å²) >= 11 is 1.72. The second kappa shape index (κ2) is 9.16. The monoisotopic (exact) mass is 362 g/mol. The fraction of sp³-hybridized carbons (Fsp3) is 0.174. The molecule has 26 heavy (non-hydrogen) atoms. The van der Waals surface area contributed by atoms with E-state index in [-0.39, 0.29) is 5.97 Å². The predicted molar refractivity (Wildman–Crippen MR) is 109 cm³/mol. The molecule has 1 aromatic heterocycles. The first-order chi connectivity index (χ1) is 12.8. The van der Waals surface area contributed by atoms with Crippen molar-refractivity contribution in [2.45, 2.75) is 19.3 Å². The molecule has 3 aromatic rings. The first kappa shape index (κ1) is 18.2. The number of esters is 1. The number of benzene rings is 2. The standard InChI is InChI=1S/C23H22O2S/c1-2-23(24)25-15-4-3-5-18-6-8-19(9-7-18)20-10-12-21(13-11-20)22-14-16-26-17-22/h2,6-14,16-17H,1,3-5,15H2. The Labute approximate surface area is 158 Å². The summed E-state index contributed by atoms with van der Waals surface area (Å²) in [6, 6.07) is 19.6. The molecule has 0 amide bonds. The van der Waals surface area contributed by atoms with Gasteiger partial charge in [-0.25, -0.2) is 4.79 Å². The molecule has 0 fully saturated rings. The molecule has 0 radical (unpaired) electrons. The highest BCUT2D eigenvalue weighted by molar-refractivity contribution is 7.08. The molecule has 2 nitrogen and oxygen atoms in total. The molecule has 0 saturated heterocycles. The Morgan fingerprint density at radius 2 is 1.50 bits per heavy atom. The summed E-state index contributed by atoms with van der Waals surface area (Å²) in [7, 11) is 0.